The number of hydrogen-bond acceptors (Lipinski definition) is 5. The van der Waals surface area contributed by atoms with E-state index in [0.717, 1.165) is 59.5 Å². The lowest BCUT2D eigenvalue weighted by atomic mass is 9.50. The van der Waals surface area contributed by atoms with Crippen LogP contribution in [0.25, 0.3) is 10.9 Å². The third-order valence-electron chi connectivity index (χ3n) is 9.94. The Labute approximate surface area is 235 Å². The van der Waals surface area contributed by atoms with Crippen LogP contribution in [0.4, 0.5) is 5.69 Å². The van der Waals surface area contributed by atoms with Gasteiger partial charge >= 0.3 is 5.97 Å². The van der Waals surface area contributed by atoms with Crippen molar-refractivity contribution in [3.63, 3.8) is 0 Å². The van der Waals surface area contributed by atoms with Gasteiger partial charge in [-0.1, -0.05) is 18.1 Å². The van der Waals surface area contributed by atoms with E-state index in [2.05, 4.69) is 53.2 Å². The molecule has 1 spiro atoms. The topological polar surface area (TPSA) is 76.5 Å². The fraction of sp³-hybridized carbons (Fsp3) is 0.485. The molecule has 7 rings (SSSR count). The maximum atomic E-state index is 13.6. The summed E-state index contributed by atoms with van der Waals surface area (Å²) >= 11 is 0. The summed E-state index contributed by atoms with van der Waals surface area (Å²) < 4.78 is 6.87. The summed E-state index contributed by atoms with van der Waals surface area (Å²) in [5.41, 5.74) is 4.94. The Morgan fingerprint density at radius 2 is 1.80 bits per heavy atom. The molecule has 0 bridgehead atoms. The Hall–Kier alpha value is -3.79. The molecule has 206 valence electrons. The summed E-state index contributed by atoms with van der Waals surface area (Å²) in [6.07, 6.45) is 6.79. The molecule has 1 N–H and O–H groups in total. The summed E-state index contributed by atoms with van der Waals surface area (Å²) in [7, 11) is 1.45. The van der Waals surface area contributed by atoms with Crippen molar-refractivity contribution in [2.45, 2.75) is 58.0 Å². The lowest BCUT2D eigenvalue weighted by Gasteiger charge is -2.56. The number of piperidine rings is 1. The monoisotopic (exact) mass is 536 g/mol. The molecule has 3 saturated carbocycles. The van der Waals surface area contributed by atoms with Gasteiger partial charge in [-0.2, -0.15) is 5.10 Å². The summed E-state index contributed by atoms with van der Waals surface area (Å²) in [6, 6.07) is 12.7. The zero-order valence-corrected chi connectivity index (χ0v) is 23.4. The number of amides is 1. The number of rotatable bonds is 6. The molecule has 3 atom stereocenters. The van der Waals surface area contributed by atoms with Crippen LogP contribution < -0.4 is 10.2 Å². The molecule has 1 aliphatic heterocycles. The smallest absolute Gasteiger partial charge is 0.308 e. The Bertz CT molecular complexity index is 1540. The van der Waals surface area contributed by atoms with Crippen molar-refractivity contribution >= 4 is 28.5 Å². The normalized spacial score (nSPS) is 28.6. The van der Waals surface area contributed by atoms with E-state index in [1.807, 2.05) is 29.9 Å². The van der Waals surface area contributed by atoms with Gasteiger partial charge in [0.25, 0.3) is 5.91 Å². The zero-order chi connectivity index (χ0) is 27.6. The standard InChI is InChI=1S/C33H36N4O3/c1-4-5-22-8-11-28(31(38)35-26-15-33(16-26)13-25(14-33)32(39)40-3)30-29(22)17-34-37(30)20(2)21-6-9-27(10-7-21)36-18-23-12-24(23)19-36/h6-11,17,20,23-26H,12-16,18-19H2,1-3H3,(H,35,38)/t20-,23?,24?,25?,26?,33?/m0/s1. The Morgan fingerprint density at radius 1 is 1.07 bits per heavy atom. The molecule has 1 saturated heterocycles. The molecule has 4 aliphatic rings. The fourth-order valence-corrected chi connectivity index (χ4v) is 7.60. The molecule has 40 heavy (non-hydrogen) atoms. The largest absolute Gasteiger partial charge is 0.469 e. The van der Waals surface area contributed by atoms with Crippen molar-refractivity contribution in [1.82, 2.24) is 15.1 Å². The van der Waals surface area contributed by atoms with Gasteiger partial charge in [-0.15, -0.1) is 5.92 Å². The number of methoxy groups -OCH3 is 1. The minimum Gasteiger partial charge on any atom is -0.469 e. The van der Waals surface area contributed by atoms with Crippen LogP contribution in [-0.2, 0) is 9.53 Å². The minimum atomic E-state index is -0.111. The molecule has 2 unspecified atom stereocenters. The van der Waals surface area contributed by atoms with E-state index in [1.54, 1.807) is 0 Å². The number of esters is 1. The van der Waals surface area contributed by atoms with Crippen molar-refractivity contribution in [3.8, 4) is 11.8 Å². The quantitative estimate of drug-likeness (QED) is 0.357. The molecule has 1 aromatic heterocycles. The minimum absolute atomic E-state index is 0.0133. The van der Waals surface area contributed by atoms with Gasteiger partial charge in [0.15, 0.2) is 0 Å². The van der Waals surface area contributed by atoms with E-state index in [-0.39, 0.29) is 35.3 Å². The summed E-state index contributed by atoms with van der Waals surface area (Å²) in [5, 5.41) is 8.94. The molecule has 3 aromatic rings. The molecule has 2 aromatic carbocycles. The second-order valence-corrected chi connectivity index (χ2v) is 12.5. The molecule has 7 heteroatoms. The summed E-state index contributed by atoms with van der Waals surface area (Å²) in [6.45, 7) is 6.31. The first-order chi connectivity index (χ1) is 19.4. The fourth-order valence-electron chi connectivity index (χ4n) is 7.60. The zero-order valence-electron chi connectivity index (χ0n) is 23.4. The predicted molar refractivity (Wildman–Crippen MR) is 154 cm³/mol. The number of carbonyl (C=O) groups excluding carboxylic acids is 2. The van der Waals surface area contributed by atoms with Crippen LogP contribution in [0.2, 0.25) is 0 Å². The molecule has 1 amide bonds. The van der Waals surface area contributed by atoms with E-state index in [4.69, 9.17) is 9.84 Å². The summed E-state index contributed by atoms with van der Waals surface area (Å²) in [5.74, 6) is 7.80. The van der Waals surface area contributed by atoms with Gasteiger partial charge in [-0.25, -0.2) is 0 Å². The van der Waals surface area contributed by atoms with Crippen molar-refractivity contribution in [3.05, 3.63) is 59.3 Å². The maximum absolute atomic E-state index is 13.6. The molecular formula is C33H36N4O3. The van der Waals surface area contributed by atoms with Crippen LogP contribution >= 0.6 is 0 Å². The Morgan fingerprint density at radius 3 is 2.48 bits per heavy atom. The first kappa shape index (κ1) is 25.2. The highest BCUT2D eigenvalue weighted by molar-refractivity contribution is 6.07. The second kappa shape index (κ2) is 9.40. The van der Waals surface area contributed by atoms with E-state index >= 15 is 0 Å². The Kier molecular flexibility index (Phi) is 5.92. The molecular weight excluding hydrogens is 500 g/mol. The average molecular weight is 537 g/mol. The number of fused-ring (bicyclic) bond motifs is 2. The first-order valence-electron chi connectivity index (χ1n) is 14.5. The first-order valence-corrected chi connectivity index (χ1v) is 14.5. The van der Waals surface area contributed by atoms with Crippen molar-refractivity contribution < 1.29 is 14.3 Å². The van der Waals surface area contributed by atoms with Crippen LogP contribution in [0.5, 0.6) is 0 Å². The van der Waals surface area contributed by atoms with Gasteiger partial charge in [-0.3, -0.25) is 14.3 Å². The van der Waals surface area contributed by atoms with Gasteiger partial charge in [-0.05, 0) is 93.0 Å². The molecule has 7 nitrogen and oxygen atoms in total. The average Bonchev–Trinajstić information content (AvgIpc) is 3.30. The number of anilines is 1. The van der Waals surface area contributed by atoms with Gasteiger partial charge in [0.2, 0.25) is 0 Å². The molecule has 2 heterocycles. The van der Waals surface area contributed by atoms with Crippen LogP contribution in [-0.4, -0.2) is 47.9 Å². The van der Waals surface area contributed by atoms with Crippen LogP contribution in [0, 0.1) is 35.0 Å². The number of benzene rings is 2. The number of hydrogen-bond donors (Lipinski definition) is 1. The van der Waals surface area contributed by atoms with E-state index in [0.29, 0.717) is 5.56 Å². The number of nitrogens with zero attached hydrogens (tertiary/aromatic N) is 3. The highest BCUT2D eigenvalue weighted by Crippen LogP contribution is 2.59. The van der Waals surface area contributed by atoms with Gasteiger partial charge in [0, 0.05) is 35.8 Å². The van der Waals surface area contributed by atoms with E-state index in [1.165, 1.54) is 32.3 Å². The lowest BCUT2D eigenvalue weighted by Crippen LogP contribution is -2.57. The second-order valence-electron chi connectivity index (χ2n) is 12.5. The SMILES string of the molecule is CC#Cc1ccc(C(=O)NC2CC3(C2)CC(C(=O)OC)C3)c2c1cnn2[C@@H](C)c1ccc(N2CC3CC3C2)cc1. The van der Waals surface area contributed by atoms with Gasteiger partial charge < -0.3 is 15.0 Å². The number of carbonyl (C=O) groups is 2. The number of nitrogens with one attached hydrogen (secondary N) is 1. The van der Waals surface area contributed by atoms with E-state index in [9.17, 15) is 9.59 Å². The maximum Gasteiger partial charge on any atom is 0.308 e. The van der Waals surface area contributed by atoms with Crippen LogP contribution in [0.15, 0.2) is 42.6 Å². The predicted octanol–water partition coefficient (Wildman–Crippen LogP) is 4.93. The lowest BCUT2D eigenvalue weighted by molar-refractivity contribution is -0.159. The molecule has 3 aliphatic carbocycles. The highest BCUT2D eigenvalue weighted by atomic mass is 16.5. The third-order valence-corrected chi connectivity index (χ3v) is 9.94. The summed E-state index contributed by atoms with van der Waals surface area (Å²) in [4.78, 5) is 27.9. The number of aromatic nitrogens is 2. The van der Waals surface area contributed by atoms with Crippen LogP contribution in [0.3, 0.4) is 0 Å². The van der Waals surface area contributed by atoms with Gasteiger partial charge in [0.1, 0.15) is 0 Å². The van der Waals surface area contributed by atoms with Crippen molar-refractivity contribution in [2.24, 2.45) is 23.2 Å². The highest BCUT2D eigenvalue weighted by Gasteiger charge is 2.55. The van der Waals surface area contributed by atoms with Crippen molar-refractivity contribution in [1.29, 1.82) is 0 Å². The van der Waals surface area contributed by atoms with Crippen LogP contribution in [0.1, 0.15) is 73.5 Å². The van der Waals surface area contributed by atoms with E-state index < -0.39 is 0 Å². The molecule has 4 fully saturated rings. The molecule has 0 radical (unpaired) electrons. The third kappa shape index (κ3) is 4.16. The van der Waals surface area contributed by atoms with Gasteiger partial charge in [0.05, 0.1) is 36.3 Å². The number of ether oxygens (including phenoxy) is 1. The Balaban J connectivity index is 1.11. The van der Waals surface area contributed by atoms with Crippen molar-refractivity contribution in [2.75, 3.05) is 25.1 Å².